The van der Waals surface area contributed by atoms with Crippen molar-refractivity contribution in [1.82, 2.24) is 9.97 Å². The summed E-state index contributed by atoms with van der Waals surface area (Å²) in [5, 5.41) is 3.14. The Balaban J connectivity index is 2.85. The highest BCUT2D eigenvalue weighted by Crippen LogP contribution is 2.14. The third kappa shape index (κ3) is 4.19. The van der Waals surface area contributed by atoms with Crippen LogP contribution in [0.4, 0.5) is 11.8 Å². The summed E-state index contributed by atoms with van der Waals surface area (Å²) in [5.41, 5.74) is 0.974. The Bertz CT molecular complexity index is 343. The van der Waals surface area contributed by atoms with Crippen LogP contribution in [-0.4, -0.2) is 43.3 Å². The maximum absolute atomic E-state index is 5.10. The van der Waals surface area contributed by atoms with Gasteiger partial charge in [0.15, 0.2) is 0 Å². The molecule has 5 nitrogen and oxygen atoms in total. The number of rotatable bonds is 7. The lowest BCUT2D eigenvalue weighted by Gasteiger charge is -2.22. The summed E-state index contributed by atoms with van der Waals surface area (Å²) in [7, 11) is 1.71. The van der Waals surface area contributed by atoms with Crippen molar-refractivity contribution < 1.29 is 4.74 Å². The third-order valence-electron chi connectivity index (χ3n) is 2.45. The molecule has 0 aliphatic heterocycles. The summed E-state index contributed by atoms with van der Waals surface area (Å²) in [6.07, 6.45) is 0. The molecule has 0 aliphatic rings. The number of hydrogen-bond donors (Lipinski definition) is 1. The lowest BCUT2D eigenvalue weighted by molar-refractivity contribution is 0.205. The van der Waals surface area contributed by atoms with E-state index >= 15 is 0 Å². The molecule has 1 aromatic heterocycles. The van der Waals surface area contributed by atoms with Gasteiger partial charge in [-0.25, -0.2) is 4.98 Å². The molecule has 1 heterocycles. The minimum atomic E-state index is 0.693. The first kappa shape index (κ1) is 13.7. The Morgan fingerprint density at radius 3 is 2.71 bits per heavy atom. The van der Waals surface area contributed by atoms with Gasteiger partial charge in [-0.05, 0) is 20.8 Å². The zero-order valence-electron chi connectivity index (χ0n) is 11.2. The third-order valence-corrected chi connectivity index (χ3v) is 2.45. The summed E-state index contributed by atoms with van der Waals surface area (Å²) >= 11 is 0. The van der Waals surface area contributed by atoms with E-state index in [-0.39, 0.29) is 0 Å². The van der Waals surface area contributed by atoms with Gasteiger partial charge in [0, 0.05) is 38.5 Å². The van der Waals surface area contributed by atoms with Crippen molar-refractivity contribution >= 4 is 11.8 Å². The van der Waals surface area contributed by atoms with E-state index in [2.05, 4.69) is 27.1 Å². The van der Waals surface area contributed by atoms with Crippen LogP contribution in [0.5, 0.6) is 0 Å². The van der Waals surface area contributed by atoms with E-state index in [1.807, 2.05) is 19.9 Å². The lowest BCUT2D eigenvalue weighted by atomic mass is 10.4. The molecule has 0 bridgehead atoms. The highest BCUT2D eigenvalue weighted by Gasteiger charge is 2.08. The Labute approximate surface area is 103 Å². The van der Waals surface area contributed by atoms with Crippen molar-refractivity contribution in [1.29, 1.82) is 0 Å². The maximum Gasteiger partial charge on any atom is 0.224 e. The number of hydrogen-bond acceptors (Lipinski definition) is 5. The molecule has 96 valence electrons. The monoisotopic (exact) mass is 238 g/mol. The number of aromatic nitrogens is 2. The average Bonchev–Trinajstić information content (AvgIpc) is 2.30. The Morgan fingerprint density at radius 2 is 2.12 bits per heavy atom. The fourth-order valence-electron chi connectivity index (χ4n) is 1.59. The van der Waals surface area contributed by atoms with E-state index < -0.39 is 0 Å². The fraction of sp³-hybridized carbons (Fsp3) is 0.667. The van der Waals surface area contributed by atoms with Crippen LogP contribution in [0.2, 0.25) is 0 Å². The van der Waals surface area contributed by atoms with E-state index in [0.717, 1.165) is 31.1 Å². The first-order valence-electron chi connectivity index (χ1n) is 6.04. The standard InChI is InChI=1S/C12H22N4O/c1-5-13-12-14-10(3)9-11(15-12)16(6-2)7-8-17-4/h9H,5-8H2,1-4H3,(H,13,14,15). The van der Waals surface area contributed by atoms with Crippen molar-refractivity contribution in [2.45, 2.75) is 20.8 Å². The molecule has 0 unspecified atom stereocenters. The first-order valence-corrected chi connectivity index (χ1v) is 6.04. The molecule has 1 rings (SSSR count). The molecule has 0 saturated carbocycles. The summed E-state index contributed by atoms with van der Waals surface area (Å²) < 4.78 is 5.10. The van der Waals surface area contributed by atoms with Gasteiger partial charge in [-0.3, -0.25) is 0 Å². The number of aryl methyl sites for hydroxylation is 1. The molecule has 0 spiro atoms. The van der Waals surface area contributed by atoms with E-state index in [0.29, 0.717) is 12.6 Å². The van der Waals surface area contributed by atoms with E-state index in [1.165, 1.54) is 0 Å². The molecule has 17 heavy (non-hydrogen) atoms. The number of anilines is 2. The molecule has 0 aliphatic carbocycles. The van der Waals surface area contributed by atoms with Crippen LogP contribution in [0.25, 0.3) is 0 Å². The molecule has 0 atom stereocenters. The van der Waals surface area contributed by atoms with Gasteiger partial charge < -0.3 is 15.0 Å². The predicted octanol–water partition coefficient (Wildman–Crippen LogP) is 1.69. The van der Waals surface area contributed by atoms with Gasteiger partial charge in [0.05, 0.1) is 6.61 Å². The van der Waals surface area contributed by atoms with Crippen LogP contribution in [0.1, 0.15) is 19.5 Å². The Kier molecular flexibility index (Phi) is 5.69. The molecule has 0 fully saturated rings. The van der Waals surface area contributed by atoms with Gasteiger partial charge in [-0.1, -0.05) is 0 Å². The van der Waals surface area contributed by atoms with Gasteiger partial charge in [-0.15, -0.1) is 0 Å². The topological polar surface area (TPSA) is 50.3 Å². The molecule has 0 saturated heterocycles. The van der Waals surface area contributed by atoms with Crippen LogP contribution >= 0.6 is 0 Å². The average molecular weight is 238 g/mol. The van der Waals surface area contributed by atoms with Gasteiger partial charge in [0.25, 0.3) is 0 Å². The second kappa shape index (κ2) is 7.06. The molecule has 5 heteroatoms. The van der Waals surface area contributed by atoms with Crippen LogP contribution < -0.4 is 10.2 Å². The van der Waals surface area contributed by atoms with Crippen LogP contribution in [0.3, 0.4) is 0 Å². The SMILES string of the molecule is CCNc1nc(C)cc(N(CC)CCOC)n1. The number of methoxy groups -OCH3 is 1. The number of ether oxygens (including phenoxy) is 1. The van der Waals surface area contributed by atoms with Gasteiger partial charge >= 0.3 is 0 Å². The van der Waals surface area contributed by atoms with Crippen molar-refractivity contribution in [3.8, 4) is 0 Å². The number of nitrogens with zero attached hydrogens (tertiary/aromatic N) is 3. The predicted molar refractivity (Wildman–Crippen MR) is 70.7 cm³/mol. The Morgan fingerprint density at radius 1 is 1.35 bits per heavy atom. The molecule has 0 aromatic carbocycles. The van der Waals surface area contributed by atoms with Crippen molar-refractivity contribution in [3.63, 3.8) is 0 Å². The van der Waals surface area contributed by atoms with Gasteiger partial charge in [0.2, 0.25) is 5.95 Å². The van der Waals surface area contributed by atoms with E-state index in [1.54, 1.807) is 7.11 Å². The fourth-order valence-corrected chi connectivity index (χ4v) is 1.59. The highest BCUT2D eigenvalue weighted by molar-refractivity contribution is 5.44. The normalized spacial score (nSPS) is 10.4. The summed E-state index contributed by atoms with van der Waals surface area (Å²) in [4.78, 5) is 11.0. The zero-order chi connectivity index (χ0) is 12.7. The summed E-state index contributed by atoms with van der Waals surface area (Å²) in [5.74, 6) is 1.64. The summed E-state index contributed by atoms with van der Waals surface area (Å²) in [6, 6.07) is 2.00. The molecule has 0 radical (unpaired) electrons. The number of nitrogens with one attached hydrogen (secondary N) is 1. The smallest absolute Gasteiger partial charge is 0.224 e. The van der Waals surface area contributed by atoms with Crippen molar-refractivity contribution in [3.05, 3.63) is 11.8 Å². The zero-order valence-corrected chi connectivity index (χ0v) is 11.2. The highest BCUT2D eigenvalue weighted by atomic mass is 16.5. The largest absolute Gasteiger partial charge is 0.383 e. The first-order chi connectivity index (χ1) is 8.21. The van der Waals surface area contributed by atoms with Crippen molar-refractivity contribution in [2.75, 3.05) is 43.6 Å². The van der Waals surface area contributed by atoms with Gasteiger partial charge in [0.1, 0.15) is 5.82 Å². The molecule has 1 N–H and O–H groups in total. The number of likely N-dealkylation sites (N-methyl/N-ethyl adjacent to an activating group) is 1. The lowest BCUT2D eigenvalue weighted by Crippen LogP contribution is -2.28. The minimum absolute atomic E-state index is 0.693. The molecular weight excluding hydrogens is 216 g/mol. The minimum Gasteiger partial charge on any atom is -0.383 e. The van der Waals surface area contributed by atoms with Crippen LogP contribution in [0.15, 0.2) is 6.07 Å². The van der Waals surface area contributed by atoms with Crippen molar-refractivity contribution in [2.24, 2.45) is 0 Å². The quantitative estimate of drug-likeness (QED) is 0.783. The molecule has 1 aromatic rings. The van der Waals surface area contributed by atoms with Gasteiger partial charge in [-0.2, -0.15) is 4.98 Å². The summed E-state index contributed by atoms with van der Waals surface area (Å²) in [6.45, 7) is 9.41. The molecular formula is C12H22N4O. The van der Waals surface area contributed by atoms with Crippen LogP contribution in [-0.2, 0) is 4.74 Å². The maximum atomic E-state index is 5.10. The second-order valence-corrected chi connectivity index (χ2v) is 3.79. The van der Waals surface area contributed by atoms with E-state index in [9.17, 15) is 0 Å². The second-order valence-electron chi connectivity index (χ2n) is 3.79. The Hall–Kier alpha value is -1.36. The van der Waals surface area contributed by atoms with E-state index in [4.69, 9.17) is 4.74 Å². The van der Waals surface area contributed by atoms with Crippen LogP contribution in [0, 0.1) is 6.92 Å². The molecule has 0 amide bonds.